The summed E-state index contributed by atoms with van der Waals surface area (Å²) in [5, 5.41) is 4.47. The van der Waals surface area contributed by atoms with Gasteiger partial charge in [-0.05, 0) is 29.2 Å². The van der Waals surface area contributed by atoms with Gasteiger partial charge in [-0.3, -0.25) is 0 Å². The van der Waals surface area contributed by atoms with E-state index in [1.54, 1.807) is 4.90 Å². The van der Waals surface area contributed by atoms with Gasteiger partial charge in [-0.1, -0.05) is 42.5 Å². The second-order valence-electron chi connectivity index (χ2n) is 9.02. The second-order valence-corrected chi connectivity index (χ2v) is 9.02. The molecule has 5 rings (SSSR count). The van der Waals surface area contributed by atoms with E-state index in [0.717, 1.165) is 24.9 Å². The zero-order valence-corrected chi connectivity index (χ0v) is 17.7. The first-order valence-electron chi connectivity index (χ1n) is 10.9. The number of aromatic nitrogens is 1. The fourth-order valence-corrected chi connectivity index (χ4v) is 5.64. The third-order valence-electron chi connectivity index (χ3n) is 7.03. The van der Waals surface area contributed by atoms with Crippen LogP contribution in [-0.4, -0.2) is 36.8 Å². The molecule has 5 heteroatoms. The number of likely N-dealkylation sites (N-methyl/N-ethyl adjacent to an activating group) is 1. The number of carbonyl (C=O) groups excluding carboxylic acids is 1. The molecule has 0 spiro atoms. The first-order chi connectivity index (χ1) is 14.6. The molecule has 2 aromatic carbocycles. The molecule has 1 amide bonds. The number of hydrogen-bond acceptors (Lipinski definition) is 2. The van der Waals surface area contributed by atoms with Gasteiger partial charge in [0.1, 0.15) is 6.61 Å². The van der Waals surface area contributed by atoms with E-state index in [1.165, 1.54) is 22.0 Å². The number of rotatable bonds is 4. The van der Waals surface area contributed by atoms with Crippen LogP contribution in [0.4, 0.5) is 4.79 Å². The molecule has 1 aromatic heterocycles. The van der Waals surface area contributed by atoms with E-state index in [-0.39, 0.29) is 6.09 Å². The smallest absolute Gasteiger partial charge is 0.407 e. The number of hydrogen-bond donors (Lipinski definition) is 2. The Balaban J connectivity index is 1.25. The quantitative estimate of drug-likeness (QED) is 0.702. The van der Waals surface area contributed by atoms with Crippen LogP contribution in [0.5, 0.6) is 0 Å². The number of carbonyl (C=O) groups is 1. The highest BCUT2D eigenvalue weighted by Gasteiger charge is 2.42. The fraction of sp³-hybridized carbons (Fsp3) is 0.400. The van der Waals surface area contributed by atoms with Gasteiger partial charge >= 0.3 is 6.09 Å². The Labute approximate surface area is 177 Å². The average Bonchev–Trinajstić information content (AvgIpc) is 3.09. The number of piperidine rings is 1. The van der Waals surface area contributed by atoms with Crippen LogP contribution in [0.2, 0.25) is 0 Å². The van der Waals surface area contributed by atoms with E-state index in [2.05, 4.69) is 48.4 Å². The molecule has 1 unspecified atom stereocenters. The molecule has 1 aliphatic carbocycles. The maximum absolute atomic E-state index is 12.2. The van der Waals surface area contributed by atoms with E-state index in [4.69, 9.17) is 4.74 Å². The van der Waals surface area contributed by atoms with Gasteiger partial charge < -0.3 is 19.5 Å². The minimum absolute atomic E-state index is 0.311. The highest BCUT2D eigenvalue weighted by molar-refractivity contribution is 5.89. The van der Waals surface area contributed by atoms with Crippen LogP contribution in [0.3, 0.4) is 0 Å². The standard InChI is InChI=1S/C25H29N3O2/c1-27-14-18(13-26-25(29)30-16-17-7-4-3-5-8-17)11-21-20-9-6-10-22-24(20)19(12-23(21)27)15-28(22)2/h3-10,15,18,21,23H,11-14,16H2,1-2H3,(H,26,29)/p+1/t18-,21-,23+/m0/s1. The monoisotopic (exact) mass is 404 g/mol. The summed E-state index contributed by atoms with van der Waals surface area (Å²) in [6.07, 6.45) is 4.25. The zero-order chi connectivity index (χ0) is 20.7. The van der Waals surface area contributed by atoms with Crippen molar-refractivity contribution in [1.29, 1.82) is 0 Å². The third-order valence-corrected chi connectivity index (χ3v) is 7.03. The lowest BCUT2D eigenvalue weighted by molar-refractivity contribution is -0.916. The number of aryl methyl sites for hydroxylation is 1. The van der Waals surface area contributed by atoms with Gasteiger partial charge in [-0.15, -0.1) is 0 Å². The summed E-state index contributed by atoms with van der Waals surface area (Å²) in [6.45, 7) is 2.07. The third kappa shape index (κ3) is 3.47. The first kappa shape index (κ1) is 19.2. The molecule has 0 bridgehead atoms. The second kappa shape index (κ2) is 7.80. The van der Waals surface area contributed by atoms with E-state index in [1.807, 2.05) is 30.3 Å². The predicted molar refractivity (Wildman–Crippen MR) is 118 cm³/mol. The van der Waals surface area contributed by atoms with Crippen molar-refractivity contribution in [2.24, 2.45) is 13.0 Å². The fourth-order valence-electron chi connectivity index (χ4n) is 5.64. The van der Waals surface area contributed by atoms with Crippen LogP contribution in [0.1, 0.15) is 29.0 Å². The minimum Gasteiger partial charge on any atom is -0.445 e. The summed E-state index contributed by atoms with van der Waals surface area (Å²) in [5.74, 6) is 1.00. The van der Waals surface area contributed by atoms with E-state index < -0.39 is 0 Å². The van der Waals surface area contributed by atoms with Crippen molar-refractivity contribution in [2.75, 3.05) is 20.1 Å². The molecule has 5 nitrogen and oxygen atoms in total. The van der Waals surface area contributed by atoms with Crippen LogP contribution in [0, 0.1) is 5.92 Å². The largest absolute Gasteiger partial charge is 0.445 e. The van der Waals surface area contributed by atoms with Crippen LogP contribution in [0.25, 0.3) is 10.9 Å². The highest BCUT2D eigenvalue weighted by atomic mass is 16.5. The average molecular weight is 405 g/mol. The topological polar surface area (TPSA) is 47.7 Å². The van der Waals surface area contributed by atoms with Crippen molar-refractivity contribution in [2.45, 2.75) is 31.4 Å². The molecule has 156 valence electrons. The molecule has 0 saturated carbocycles. The van der Waals surface area contributed by atoms with Gasteiger partial charge in [0.15, 0.2) is 0 Å². The van der Waals surface area contributed by atoms with Crippen molar-refractivity contribution in [1.82, 2.24) is 9.88 Å². The Bertz CT molecular complexity index is 1060. The van der Waals surface area contributed by atoms with Gasteiger partial charge in [-0.2, -0.15) is 0 Å². The number of nitrogens with one attached hydrogen (secondary N) is 2. The maximum Gasteiger partial charge on any atom is 0.407 e. The van der Waals surface area contributed by atoms with Gasteiger partial charge in [0, 0.05) is 48.9 Å². The number of nitrogens with zero attached hydrogens (tertiary/aromatic N) is 1. The van der Waals surface area contributed by atoms with Crippen molar-refractivity contribution >= 4 is 17.0 Å². The summed E-state index contributed by atoms with van der Waals surface area (Å²) < 4.78 is 7.66. The van der Waals surface area contributed by atoms with E-state index in [9.17, 15) is 4.79 Å². The lowest BCUT2D eigenvalue weighted by Gasteiger charge is -2.42. The van der Waals surface area contributed by atoms with Crippen molar-refractivity contribution < 1.29 is 14.4 Å². The normalized spacial score (nSPS) is 25.0. The number of fused-ring (bicyclic) bond motifs is 2. The lowest BCUT2D eigenvalue weighted by atomic mass is 9.72. The number of likely N-dealkylation sites (tertiary alicyclic amines) is 1. The van der Waals surface area contributed by atoms with Gasteiger partial charge in [0.25, 0.3) is 0 Å². The molecular formula is C25H30N3O2+. The highest BCUT2D eigenvalue weighted by Crippen LogP contribution is 2.40. The van der Waals surface area contributed by atoms with Crippen molar-refractivity contribution in [3.05, 3.63) is 71.4 Å². The summed E-state index contributed by atoms with van der Waals surface area (Å²) in [7, 11) is 4.46. The molecule has 0 radical (unpaired) electrons. The number of alkyl carbamates (subject to hydrolysis) is 1. The predicted octanol–water partition coefficient (Wildman–Crippen LogP) is 2.65. The lowest BCUT2D eigenvalue weighted by Crippen LogP contribution is -3.16. The molecule has 2 aliphatic rings. The minimum atomic E-state index is -0.324. The molecule has 1 fully saturated rings. The molecule has 30 heavy (non-hydrogen) atoms. The van der Waals surface area contributed by atoms with Crippen molar-refractivity contribution in [3.8, 4) is 0 Å². The molecule has 2 heterocycles. The maximum atomic E-state index is 12.2. The van der Waals surface area contributed by atoms with Gasteiger partial charge in [-0.25, -0.2) is 4.79 Å². The SMILES string of the molecule is Cn1cc2c3c(cccc31)[C@@H]1C[C@@H](CNC(=O)OCc3ccccc3)C[NH+](C)[C@@H]1C2. The Morgan fingerprint density at radius 3 is 2.87 bits per heavy atom. The number of quaternary nitrogens is 1. The Morgan fingerprint density at radius 1 is 1.20 bits per heavy atom. The Morgan fingerprint density at radius 2 is 2.03 bits per heavy atom. The van der Waals surface area contributed by atoms with Crippen LogP contribution < -0.4 is 10.2 Å². The first-order valence-corrected chi connectivity index (χ1v) is 10.9. The van der Waals surface area contributed by atoms with E-state index >= 15 is 0 Å². The molecular weight excluding hydrogens is 374 g/mol. The summed E-state index contributed by atoms with van der Waals surface area (Å²) in [4.78, 5) is 13.8. The molecule has 1 saturated heterocycles. The van der Waals surface area contributed by atoms with Gasteiger partial charge in [0.05, 0.1) is 19.6 Å². The number of amides is 1. The summed E-state index contributed by atoms with van der Waals surface area (Å²) >= 11 is 0. The van der Waals surface area contributed by atoms with E-state index in [0.29, 0.717) is 31.0 Å². The van der Waals surface area contributed by atoms with Crippen LogP contribution >= 0.6 is 0 Å². The zero-order valence-electron chi connectivity index (χ0n) is 17.7. The Kier molecular flexibility index (Phi) is 4.99. The molecule has 1 aliphatic heterocycles. The molecule has 4 atom stereocenters. The molecule has 3 aromatic rings. The molecule has 2 N–H and O–H groups in total. The number of ether oxygens (including phenoxy) is 1. The summed E-state index contributed by atoms with van der Waals surface area (Å²) in [5.41, 5.74) is 5.33. The summed E-state index contributed by atoms with van der Waals surface area (Å²) in [6, 6.07) is 17.2. The van der Waals surface area contributed by atoms with Crippen LogP contribution in [-0.2, 0) is 24.8 Å². The van der Waals surface area contributed by atoms with Crippen LogP contribution in [0.15, 0.2) is 54.7 Å². The van der Waals surface area contributed by atoms with Gasteiger partial charge in [0.2, 0.25) is 0 Å². The van der Waals surface area contributed by atoms with Crippen molar-refractivity contribution in [3.63, 3.8) is 0 Å². The number of benzene rings is 2. The Hall–Kier alpha value is -2.79.